The van der Waals surface area contributed by atoms with Crippen molar-refractivity contribution in [3.05, 3.63) is 46.6 Å². The summed E-state index contributed by atoms with van der Waals surface area (Å²) in [5.41, 5.74) is 1.24. The lowest BCUT2D eigenvalue weighted by Gasteiger charge is -2.15. The van der Waals surface area contributed by atoms with Crippen LogP contribution in [0.1, 0.15) is 32.0 Å². The molecule has 106 valence electrons. The average Bonchev–Trinajstić information content (AvgIpc) is 2.87. The summed E-state index contributed by atoms with van der Waals surface area (Å²) in [6.45, 7) is 1.59. The van der Waals surface area contributed by atoms with Crippen LogP contribution < -0.4 is 4.90 Å². The van der Waals surface area contributed by atoms with Gasteiger partial charge < -0.3 is 10.0 Å². The number of nitriles is 1. The molecule has 0 atom stereocenters. The fraction of sp³-hybridized carbons (Fsp3) is 0.143. The van der Waals surface area contributed by atoms with Crippen molar-refractivity contribution < 1.29 is 14.7 Å². The highest BCUT2D eigenvalue weighted by atomic mass is 32.1. The van der Waals surface area contributed by atoms with Crippen LogP contribution in [0.2, 0.25) is 0 Å². The summed E-state index contributed by atoms with van der Waals surface area (Å²) in [4.78, 5) is 24.9. The van der Waals surface area contributed by atoms with Crippen molar-refractivity contribution in [3.8, 4) is 6.07 Å². The predicted molar refractivity (Wildman–Crippen MR) is 77.7 cm³/mol. The molecule has 1 heterocycles. The van der Waals surface area contributed by atoms with E-state index in [9.17, 15) is 14.7 Å². The number of aromatic nitrogens is 1. The van der Waals surface area contributed by atoms with E-state index in [1.165, 1.54) is 36.2 Å². The quantitative estimate of drug-likeness (QED) is 0.938. The number of nitrogens with zero attached hydrogens (tertiary/aromatic N) is 3. The largest absolute Gasteiger partial charge is 0.478 e. The summed E-state index contributed by atoms with van der Waals surface area (Å²) in [7, 11) is 1.50. The highest BCUT2D eigenvalue weighted by Gasteiger charge is 2.24. The molecule has 7 heteroatoms. The monoisotopic (exact) mass is 301 g/mol. The van der Waals surface area contributed by atoms with Crippen LogP contribution in [0.25, 0.3) is 0 Å². The maximum Gasteiger partial charge on any atom is 0.340 e. The molecule has 0 unspecified atom stereocenters. The second-order valence-electron chi connectivity index (χ2n) is 4.31. The van der Waals surface area contributed by atoms with Crippen LogP contribution in [0.3, 0.4) is 0 Å². The van der Waals surface area contributed by atoms with Gasteiger partial charge in [-0.1, -0.05) is 0 Å². The van der Waals surface area contributed by atoms with Crippen molar-refractivity contribution in [2.45, 2.75) is 6.92 Å². The number of carboxylic acid groups (broad SMARTS) is 1. The second-order valence-corrected chi connectivity index (χ2v) is 5.06. The molecule has 0 spiro atoms. The van der Waals surface area contributed by atoms with Gasteiger partial charge in [-0.05, 0) is 42.7 Å². The van der Waals surface area contributed by atoms with E-state index >= 15 is 0 Å². The number of rotatable bonds is 3. The summed E-state index contributed by atoms with van der Waals surface area (Å²) < 4.78 is 3.99. The molecule has 0 aliphatic rings. The zero-order chi connectivity index (χ0) is 15.6. The molecule has 1 aromatic carbocycles. The Bertz CT molecular complexity index is 744. The lowest BCUT2D eigenvalue weighted by molar-refractivity contribution is 0.0697. The molecule has 0 aliphatic carbocycles. The maximum absolute atomic E-state index is 12.4. The summed E-state index contributed by atoms with van der Waals surface area (Å²) in [6, 6.07) is 8.12. The Kier molecular flexibility index (Phi) is 4.00. The molecule has 0 fully saturated rings. The SMILES string of the molecule is Cc1nsc(N(C)C(=O)c2ccc(C#N)cc2)c1C(=O)O. The molecular formula is C14H11N3O3S. The zero-order valence-corrected chi connectivity index (χ0v) is 12.1. The Morgan fingerprint density at radius 3 is 2.48 bits per heavy atom. The normalized spacial score (nSPS) is 9.95. The number of carboxylic acids is 1. The van der Waals surface area contributed by atoms with Crippen LogP contribution in [0.4, 0.5) is 5.00 Å². The minimum absolute atomic E-state index is 0.0319. The third-order valence-corrected chi connectivity index (χ3v) is 3.94. The summed E-state index contributed by atoms with van der Waals surface area (Å²) in [6.07, 6.45) is 0. The molecule has 2 rings (SSSR count). The second kappa shape index (κ2) is 5.73. The molecule has 0 radical (unpaired) electrons. The van der Waals surface area contributed by atoms with Gasteiger partial charge in [0.2, 0.25) is 0 Å². The van der Waals surface area contributed by atoms with Crippen LogP contribution in [-0.4, -0.2) is 28.4 Å². The Morgan fingerprint density at radius 1 is 1.33 bits per heavy atom. The first-order chi connectivity index (χ1) is 9.95. The van der Waals surface area contributed by atoms with E-state index in [0.717, 1.165) is 11.5 Å². The smallest absolute Gasteiger partial charge is 0.340 e. The van der Waals surface area contributed by atoms with Crippen molar-refractivity contribution in [2.24, 2.45) is 0 Å². The molecule has 0 aliphatic heterocycles. The van der Waals surface area contributed by atoms with Crippen LogP contribution in [-0.2, 0) is 0 Å². The summed E-state index contributed by atoms with van der Waals surface area (Å²) in [5, 5.41) is 18.2. The molecule has 1 amide bonds. The van der Waals surface area contributed by atoms with Crippen molar-refractivity contribution in [3.63, 3.8) is 0 Å². The molecule has 6 nitrogen and oxygen atoms in total. The number of aromatic carboxylic acids is 1. The Hall–Kier alpha value is -2.72. The molecule has 21 heavy (non-hydrogen) atoms. The Balaban J connectivity index is 2.35. The van der Waals surface area contributed by atoms with Crippen molar-refractivity contribution in [1.29, 1.82) is 5.26 Å². The van der Waals surface area contributed by atoms with E-state index < -0.39 is 5.97 Å². The van der Waals surface area contributed by atoms with Gasteiger partial charge >= 0.3 is 5.97 Å². The molecule has 1 N–H and O–H groups in total. The fourth-order valence-electron chi connectivity index (χ4n) is 1.81. The zero-order valence-electron chi connectivity index (χ0n) is 11.3. The van der Waals surface area contributed by atoms with Crippen LogP contribution in [0, 0.1) is 18.3 Å². The van der Waals surface area contributed by atoms with Crippen molar-refractivity contribution in [2.75, 3.05) is 11.9 Å². The molecule has 0 saturated carbocycles. The minimum atomic E-state index is -1.12. The highest BCUT2D eigenvalue weighted by Crippen LogP contribution is 2.28. The third kappa shape index (κ3) is 2.75. The van der Waals surface area contributed by atoms with Crippen molar-refractivity contribution in [1.82, 2.24) is 4.37 Å². The Labute approximate surface area is 125 Å². The van der Waals surface area contributed by atoms with Crippen LogP contribution >= 0.6 is 11.5 Å². The van der Waals surface area contributed by atoms with E-state index in [1.54, 1.807) is 6.92 Å². The predicted octanol–water partition coefficient (Wildman–Crippen LogP) is 2.30. The number of hydrogen-bond acceptors (Lipinski definition) is 5. The Morgan fingerprint density at radius 2 is 1.95 bits per heavy atom. The van der Waals surface area contributed by atoms with Crippen molar-refractivity contribution >= 4 is 28.4 Å². The van der Waals surface area contributed by atoms with Gasteiger partial charge in [-0.3, -0.25) is 4.79 Å². The summed E-state index contributed by atoms with van der Waals surface area (Å²) >= 11 is 0.965. The fourth-order valence-corrected chi connectivity index (χ4v) is 2.65. The van der Waals surface area contributed by atoms with Gasteiger partial charge in [0, 0.05) is 12.6 Å². The number of hydrogen-bond donors (Lipinski definition) is 1. The molecular weight excluding hydrogens is 290 g/mol. The number of benzene rings is 1. The van der Waals surface area contributed by atoms with Gasteiger partial charge in [0.15, 0.2) is 0 Å². The van der Waals surface area contributed by atoms with Gasteiger partial charge in [0.1, 0.15) is 10.6 Å². The average molecular weight is 301 g/mol. The van der Waals surface area contributed by atoms with Crippen LogP contribution in [0.5, 0.6) is 0 Å². The lowest BCUT2D eigenvalue weighted by Crippen LogP contribution is -2.26. The number of aryl methyl sites for hydroxylation is 1. The molecule has 2 aromatic rings. The van der Waals surface area contributed by atoms with Gasteiger partial charge in [-0.25, -0.2) is 4.79 Å². The number of carbonyl (C=O) groups is 2. The first-order valence-corrected chi connectivity index (χ1v) is 6.70. The van der Waals surface area contributed by atoms with Gasteiger partial charge in [-0.2, -0.15) is 9.64 Å². The standard InChI is InChI=1S/C14H11N3O3S/c1-8-11(14(19)20)13(21-16-8)17(2)12(18)10-5-3-9(7-15)4-6-10/h3-6H,1-2H3,(H,19,20). The number of amides is 1. The van der Waals surface area contributed by atoms with Gasteiger partial charge in [-0.15, -0.1) is 0 Å². The maximum atomic E-state index is 12.4. The topological polar surface area (TPSA) is 94.3 Å². The lowest BCUT2D eigenvalue weighted by atomic mass is 10.1. The third-order valence-electron chi connectivity index (χ3n) is 2.93. The number of anilines is 1. The molecule has 1 aromatic heterocycles. The number of carbonyl (C=O) groups excluding carboxylic acids is 1. The molecule has 0 bridgehead atoms. The first kappa shape index (κ1) is 14.7. The molecule has 0 saturated heterocycles. The van der Waals surface area contributed by atoms with E-state index in [4.69, 9.17) is 5.26 Å². The minimum Gasteiger partial charge on any atom is -0.478 e. The van der Waals surface area contributed by atoms with Crippen LogP contribution in [0.15, 0.2) is 24.3 Å². The highest BCUT2D eigenvalue weighted by molar-refractivity contribution is 7.11. The summed E-state index contributed by atoms with van der Waals surface area (Å²) in [5.74, 6) is -1.47. The first-order valence-electron chi connectivity index (χ1n) is 5.93. The van der Waals surface area contributed by atoms with E-state index in [-0.39, 0.29) is 16.5 Å². The van der Waals surface area contributed by atoms with Gasteiger partial charge in [0.25, 0.3) is 5.91 Å². The van der Waals surface area contributed by atoms with E-state index in [0.29, 0.717) is 16.8 Å². The van der Waals surface area contributed by atoms with Gasteiger partial charge in [0.05, 0.1) is 17.3 Å². The van der Waals surface area contributed by atoms with E-state index in [2.05, 4.69) is 4.37 Å². The van der Waals surface area contributed by atoms with E-state index in [1.807, 2.05) is 6.07 Å².